The molecule has 4 heteroatoms. The lowest BCUT2D eigenvalue weighted by Crippen LogP contribution is -2.45. The molecular formula is C16H32N2O2. The van der Waals surface area contributed by atoms with Crippen LogP contribution < -0.4 is 11.1 Å². The van der Waals surface area contributed by atoms with Gasteiger partial charge in [-0.05, 0) is 32.1 Å². The number of carbonyl (C=O) groups is 1. The Morgan fingerprint density at radius 1 is 1.25 bits per heavy atom. The largest absolute Gasteiger partial charge is 0.378 e. The molecule has 1 amide bonds. The van der Waals surface area contributed by atoms with Crippen LogP contribution in [0.3, 0.4) is 0 Å². The fourth-order valence-corrected chi connectivity index (χ4v) is 2.90. The van der Waals surface area contributed by atoms with Gasteiger partial charge in [-0.15, -0.1) is 0 Å². The van der Waals surface area contributed by atoms with Crippen molar-refractivity contribution in [3.05, 3.63) is 0 Å². The van der Waals surface area contributed by atoms with Crippen molar-refractivity contribution in [2.45, 2.75) is 71.3 Å². The van der Waals surface area contributed by atoms with Crippen molar-refractivity contribution >= 4 is 5.91 Å². The number of rotatable bonds is 9. The van der Waals surface area contributed by atoms with Crippen LogP contribution in [0.15, 0.2) is 0 Å². The molecule has 0 aromatic carbocycles. The van der Waals surface area contributed by atoms with E-state index in [0.29, 0.717) is 19.2 Å². The Labute approximate surface area is 123 Å². The zero-order chi connectivity index (χ0) is 14.8. The lowest BCUT2D eigenvalue weighted by Gasteiger charge is -2.28. The third kappa shape index (κ3) is 5.06. The average Bonchev–Trinajstić information content (AvgIpc) is 2.50. The SMILES string of the molecule is CCC(CC)(CN)C(=O)NCCCOC1CCCCC1. The van der Waals surface area contributed by atoms with Crippen LogP contribution in [-0.4, -0.2) is 31.7 Å². The summed E-state index contributed by atoms with van der Waals surface area (Å²) in [6, 6.07) is 0. The maximum Gasteiger partial charge on any atom is 0.227 e. The van der Waals surface area contributed by atoms with Crippen LogP contribution in [0, 0.1) is 5.41 Å². The molecule has 1 rings (SSSR count). The minimum Gasteiger partial charge on any atom is -0.378 e. The first-order valence-corrected chi connectivity index (χ1v) is 8.28. The fourth-order valence-electron chi connectivity index (χ4n) is 2.90. The zero-order valence-corrected chi connectivity index (χ0v) is 13.2. The minimum absolute atomic E-state index is 0.0997. The molecule has 4 nitrogen and oxygen atoms in total. The number of hydrogen-bond donors (Lipinski definition) is 2. The molecule has 0 heterocycles. The molecule has 1 aliphatic carbocycles. The van der Waals surface area contributed by atoms with Crippen LogP contribution in [0.4, 0.5) is 0 Å². The Kier molecular flexibility index (Phi) is 8.15. The van der Waals surface area contributed by atoms with Crippen LogP contribution in [0.5, 0.6) is 0 Å². The molecule has 0 aromatic heterocycles. The highest BCUT2D eigenvalue weighted by atomic mass is 16.5. The third-order valence-electron chi connectivity index (χ3n) is 4.74. The standard InChI is InChI=1S/C16H32N2O2/c1-3-16(4-2,13-17)15(19)18-11-8-12-20-14-9-6-5-7-10-14/h14H,3-13,17H2,1-2H3,(H,18,19). The Balaban J connectivity index is 2.15. The summed E-state index contributed by atoms with van der Waals surface area (Å²) >= 11 is 0. The molecular weight excluding hydrogens is 252 g/mol. The van der Waals surface area contributed by atoms with Gasteiger partial charge in [0.25, 0.3) is 0 Å². The van der Waals surface area contributed by atoms with Gasteiger partial charge in [0.15, 0.2) is 0 Å². The molecule has 118 valence electrons. The molecule has 0 radical (unpaired) electrons. The quantitative estimate of drug-likeness (QED) is 0.640. The average molecular weight is 284 g/mol. The van der Waals surface area contributed by atoms with Crippen molar-refractivity contribution in [1.29, 1.82) is 0 Å². The van der Waals surface area contributed by atoms with E-state index in [9.17, 15) is 4.79 Å². The van der Waals surface area contributed by atoms with E-state index in [1.165, 1.54) is 32.1 Å². The molecule has 0 unspecified atom stereocenters. The molecule has 0 aliphatic heterocycles. The molecule has 0 spiro atoms. The summed E-state index contributed by atoms with van der Waals surface area (Å²) < 4.78 is 5.85. The molecule has 0 aromatic rings. The summed E-state index contributed by atoms with van der Waals surface area (Å²) in [5.41, 5.74) is 5.39. The molecule has 0 atom stereocenters. The van der Waals surface area contributed by atoms with Gasteiger partial charge in [-0.3, -0.25) is 4.79 Å². The van der Waals surface area contributed by atoms with Gasteiger partial charge in [-0.25, -0.2) is 0 Å². The van der Waals surface area contributed by atoms with E-state index in [4.69, 9.17) is 10.5 Å². The number of carbonyl (C=O) groups excluding carboxylic acids is 1. The normalized spacial score (nSPS) is 17.1. The van der Waals surface area contributed by atoms with Gasteiger partial charge >= 0.3 is 0 Å². The van der Waals surface area contributed by atoms with Crippen LogP contribution in [0.25, 0.3) is 0 Å². The summed E-state index contributed by atoms with van der Waals surface area (Å²) in [5, 5.41) is 3.02. The number of hydrogen-bond acceptors (Lipinski definition) is 3. The van der Waals surface area contributed by atoms with Crippen LogP contribution in [0.2, 0.25) is 0 Å². The maximum atomic E-state index is 12.2. The second-order valence-electron chi connectivity index (χ2n) is 5.93. The zero-order valence-electron chi connectivity index (χ0n) is 13.2. The van der Waals surface area contributed by atoms with Crippen molar-refractivity contribution in [3.8, 4) is 0 Å². The smallest absolute Gasteiger partial charge is 0.227 e. The fraction of sp³-hybridized carbons (Fsp3) is 0.938. The van der Waals surface area contributed by atoms with Crippen molar-refractivity contribution in [2.75, 3.05) is 19.7 Å². The van der Waals surface area contributed by atoms with Crippen molar-refractivity contribution in [2.24, 2.45) is 11.1 Å². The van der Waals surface area contributed by atoms with E-state index in [-0.39, 0.29) is 11.3 Å². The van der Waals surface area contributed by atoms with Gasteiger partial charge in [-0.1, -0.05) is 33.1 Å². The van der Waals surface area contributed by atoms with Crippen molar-refractivity contribution in [1.82, 2.24) is 5.32 Å². The minimum atomic E-state index is -0.385. The summed E-state index contributed by atoms with van der Waals surface area (Å²) in [6.07, 6.45) is 9.29. The van der Waals surface area contributed by atoms with E-state index in [2.05, 4.69) is 5.32 Å². The number of nitrogens with one attached hydrogen (secondary N) is 1. The summed E-state index contributed by atoms with van der Waals surface area (Å²) in [4.78, 5) is 12.2. The molecule has 3 N–H and O–H groups in total. The van der Waals surface area contributed by atoms with Gasteiger partial charge in [0.2, 0.25) is 5.91 Å². The predicted molar refractivity (Wildman–Crippen MR) is 82.5 cm³/mol. The highest BCUT2D eigenvalue weighted by Gasteiger charge is 2.32. The van der Waals surface area contributed by atoms with Gasteiger partial charge in [0, 0.05) is 19.7 Å². The summed E-state index contributed by atoms with van der Waals surface area (Å²) in [7, 11) is 0. The van der Waals surface area contributed by atoms with Crippen LogP contribution in [-0.2, 0) is 9.53 Å². The lowest BCUT2D eigenvalue weighted by molar-refractivity contribution is -0.131. The maximum absolute atomic E-state index is 12.2. The molecule has 1 fully saturated rings. The third-order valence-corrected chi connectivity index (χ3v) is 4.74. The molecule has 0 bridgehead atoms. The first-order valence-electron chi connectivity index (χ1n) is 8.28. The summed E-state index contributed by atoms with van der Waals surface area (Å²) in [5.74, 6) is 0.0997. The predicted octanol–water partition coefficient (Wildman–Crippen LogP) is 2.61. The van der Waals surface area contributed by atoms with Gasteiger partial charge in [0.05, 0.1) is 11.5 Å². The van der Waals surface area contributed by atoms with Gasteiger partial charge in [-0.2, -0.15) is 0 Å². The lowest BCUT2D eigenvalue weighted by atomic mass is 9.81. The van der Waals surface area contributed by atoms with E-state index >= 15 is 0 Å². The Morgan fingerprint density at radius 3 is 2.45 bits per heavy atom. The van der Waals surface area contributed by atoms with E-state index in [0.717, 1.165) is 25.9 Å². The summed E-state index contributed by atoms with van der Waals surface area (Å²) in [6.45, 7) is 5.92. The Morgan fingerprint density at radius 2 is 1.90 bits per heavy atom. The van der Waals surface area contributed by atoms with E-state index in [1.54, 1.807) is 0 Å². The van der Waals surface area contributed by atoms with Gasteiger partial charge < -0.3 is 15.8 Å². The topological polar surface area (TPSA) is 64.4 Å². The van der Waals surface area contributed by atoms with Crippen LogP contribution in [0.1, 0.15) is 65.2 Å². The highest BCUT2D eigenvalue weighted by molar-refractivity contribution is 5.82. The van der Waals surface area contributed by atoms with Crippen molar-refractivity contribution in [3.63, 3.8) is 0 Å². The number of ether oxygens (including phenoxy) is 1. The molecule has 20 heavy (non-hydrogen) atoms. The second-order valence-corrected chi connectivity index (χ2v) is 5.93. The number of amides is 1. The molecule has 0 saturated heterocycles. The van der Waals surface area contributed by atoms with Gasteiger partial charge in [0.1, 0.15) is 0 Å². The molecule has 1 aliphatic rings. The number of nitrogens with two attached hydrogens (primary N) is 1. The van der Waals surface area contributed by atoms with E-state index < -0.39 is 0 Å². The van der Waals surface area contributed by atoms with Crippen molar-refractivity contribution < 1.29 is 9.53 Å². The Bertz CT molecular complexity index is 263. The van der Waals surface area contributed by atoms with Crippen LogP contribution >= 0.6 is 0 Å². The Hall–Kier alpha value is -0.610. The molecule has 1 saturated carbocycles. The first-order chi connectivity index (χ1) is 9.68. The monoisotopic (exact) mass is 284 g/mol. The van der Waals surface area contributed by atoms with E-state index in [1.807, 2.05) is 13.8 Å². The second kappa shape index (κ2) is 9.35. The highest BCUT2D eigenvalue weighted by Crippen LogP contribution is 2.25. The first kappa shape index (κ1) is 17.4.